The highest BCUT2D eigenvalue weighted by Gasteiger charge is 2.10. The molecule has 0 bridgehead atoms. The standard InChI is InChI=1S/C15H10FN3O3/c16-11-4-6-12(7-5-11)21-13-8-9-17-15(18-13)22-14-3-1-2-10-19(14)20/h1-10H. The van der Waals surface area contributed by atoms with Crippen molar-refractivity contribution in [2.45, 2.75) is 0 Å². The number of ether oxygens (including phenoxy) is 2. The predicted molar refractivity (Wildman–Crippen MR) is 74.0 cm³/mol. The minimum absolute atomic E-state index is 0.0320. The summed E-state index contributed by atoms with van der Waals surface area (Å²) >= 11 is 0. The van der Waals surface area contributed by atoms with Crippen molar-refractivity contribution in [3.05, 3.63) is 71.9 Å². The molecule has 0 aliphatic heterocycles. The second-order valence-corrected chi connectivity index (χ2v) is 4.20. The van der Waals surface area contributed by atoms with Gasteiger partial charge in [0.25, 0.3) is 0 Å². The van der Waals surface area contributed by atoms with Gasteiger partial charge in [-0.3, -0.25) is 0 Å². The van der Waals surface area contributed by atoms with Crippen LogP contribution < -0.4 is 14.2 Å². The van der Waals surface area contributed by atoms with Crippen molar-refractivity contribution in [3.63, 3.8) is 0 Å². The van der Waals surface area contributed by atoms with Gasteiger partial charge in [-0.2, -0.15) is 4.98 Å². The summed E-state index contributed by atoms with van der Waals surface area (Å²) in [7, 11) is 0. The van der Waals surface area contributed by atoms with Gasteiger partial charge in [0.1, 0.15) is 11.6 Å². The minimum Gasteiger partial charge on any atom is -0.616 e. The van der Waals surface area contributed by atoms with E-state index in [4.69, 9.17) is 9.47 Å². The lowest BCUT2D eigenvalue weighted by molar-refractivity contribution is -0.611. The van der Waals surface area contributed by atoms with E-state index in [-0.39, 0.29) is 23.6 Å². The maximum atomic E-state index is 12.8. The Hall–Kier alpha value is -3.22. The van der Waals surface area contributed by atoms with Gasteiger partial charge in [-0.15, -0.1) is 4.73 Å². The normalized spacial score (nSPS) is 10.2. The molecule has 2 aromatic heterocycles. The molecule has 3 rings (SSSR count). The molecule has 0 amide bonds. The third kappa shape index (κ3) is 3.26. The Labute approximate surface area is 125 Å². The smallest absolute Gasteiger partial charge is 0.387 e. The molecule has 0 radical (unpaired) electrons. The quantitative estimate of drug-likeness (QED) is 0.547. The molecule has 0 fully saturated rings. The summed E-state index contributed by atoms with van der Waals surface area (Å²) in [6.07, 6.45) is 2.73. The topological polar surface area (TPSA) is 71.2 Å². The number of rotatable bonds is 4. The summed E-state index contributed by atoms with van der Waals surface area (Å²) in [6, 6.07) is 11.7. The van der Waals surface area contributed by atoms with Crippen LogP contribution in [-0.2, 0) is 0 Å². The van der Waals surface area contributed by atoms with Crippen molar-refractivity contribution in [1.29, 1.82) is 0 Å². The zero-order chi connectivity index (χ0) is 15.4. The number of hydrogen-bond acceptors (Lipinski definition) is 5. The van der Waals surface area contributed by atoms with Crippen LogP contribution in [0.4, 0.5) is 4.39 Å². The Morgan fingerprint density at radius 1 is 1.00 bits per heavy atom. The van der Waals surface area contributed by atoms with Crippen LogP contribution in [-0.4, -0.2) is 9.97 Å². The molecule has 3 aromatic rings. The molecular formula is C15H10FN3O3. The van der Waals surface area contributed by atoms with Gasteiger partial charge in [-0.05, 0) is 30.3 Å². The molecule has 22 heavy (non-hydrogen) atoms. The van der Waals surface area contributed by atoms with Crippen LogP contribution in [0.3, 0.4) is 0 Å². The summed E-state index contributed by atoms with van der Waals surface area (Å²) in [5, 5.41) is 11.5. The molecule has 0 saturated heterocycles. The molecule has 0 aliphatic rings. The fourth-order valence-corrected chi connectivity index (χ4v) is 1.64. The number of hydrogen-bond donors (Lipinski definition) is 0. The third-order valence-corrected chi connectivity index (χ3v) is 2.63. The maximum absolute atomic E-state index is 12.8. The van der Waals surface area contributed by atoms with Gasteiger partial charge in [0.05, 0.1) is 6.07 Å². The first kappa shape index (κ1) is 13.7. The number of aromatic nitrogens is 3. The molecule has 110 valence electrons. The lowest BCUT2D eigenvalue weighted by Gasteiger charge is -2.06. The van der Waals surface area contributed by atoms with Gasteiger partial charge in [0.2, 0.25) is 5.88 Å². The van der Waals surface area contributed by atoms with E-state index in [1.807, 2.05) is 0 Å². The first-order valence-electron chi connectivity index (χ1n) is 6.33. The van der Waals surface area contributed by atoms with Crippen molar-refractivity contribution in [1.82, 2.24) is 9.97 Å². The Morgan fingerprint density at radius 3 is 2.59 bits per heavy atom. The monoisotopic (exact) mass is 299 g/mol. The second-order valence-electron chi connectivity index (χ2n) is 4.20. The Morgan fingerprint density at radius 2 is 1.82 bits per heavy atom. The van der Waals surface area contributed by atoms with Gasteiger partial charge in [0.15, 0.2) is 6.20 Å². The molecule has 0 atom stereocenters. The average molecular weight is 299 g/mol. The van der Waals surface area contributed by atoms with E-state index in [1.165, 1.54) is 48.8 Å². The fraction of sp³-hybridized carbons (Fsp3) is 0. The number of nitrogens with zero attached hydrogens (tertiary/aromatic N) is 3. The molecule has 0 unspecified atom stereocenters. The van der Waals surface area contributed by atoms with Crippen LogP contribution in [0.1, 0.15) is 0 Å². The van der Waals surface area contributed by atoms with Gasteiger partial charge in [-0.1, -0.05) is 0 Å². The van der Waals surface area contributed by atoms with Crippen LogP contribution in [0.25, 0.3) is 0 Å². The van der Waals surface area contributed by atoms with Crippen molar-refractivity contribution in [2.75, 3.05) is 0 Å². The molecule has 0 aliphatic carbocycles. The first-order valence-corrected chi connectivity index (χ1v) is 6.33. The van der Waals surface area contributed by atoms with E-state index in [1.54, 1.807) is 12.1 Å². The van der Waals surface area contributed by atoms with Gasteiger partial charge in [-0.25, -0.2) is 9.37 Å². The highest BCUT2D eigenvalue weighted by Crippen LogP contribution is 2.21. The second kappa shape index (κ2) is 6.04. The first-order chi connectivity index (χ1) is 10.7. The SMILES string of the molecule is [O-][n+]1ccccc1Oc1nccc(Oc2ccc(F)cc2)n1. The average Bonchev–Trinajstić information content (AvgIpc) is 2.52. The van der Waals surface area contributed by atoms with Crippen molar-refractivity contribution in [3.8, 4) is 23.5 Å². The molecule has 2 heterocycles. The predicted octanol–water partition coefficient (Wildman–Crippen LogP) is 2.83. The lowest BCUT2D eigenvalue weighted by atomic mass is 10.3. The van der Waals surface area contributed by atoms with Gasteiger partial charge < -0.3 is 14.7 Å². The summed E-state index contributed by atoms with van der Waals surface area (Å²) in [6.45, 7) is 0. The molecular weight excluding hydrogens is 289 g/mol. The molecule has 7 heteroatoms. The number of halogens is 1. The van der Waals surface area contributed by atoms with E-state index in [0.29, 0.717) is 10.5 Å². The van der Waals surface area contributed by atoms with E-state index < -0.39 is 0 Å². The van der Waals surface area contributed by atoms with Crippen molar-refractivity contribution in [2.24, 2.45) is 0 Å². The highest BCUT2D eigenvalue weighted by atomic mass is 19.1. The van der Waals surface area contributed by atoms with Crippen LogP contribution in [0, 0.1) is 11.0 Å². The van der Waals surface area contributed by atoms with Gasteiger partial charge in [0, 0.05) is 18.3 Å². The van der Waals surface area contributed by atoms with Crippen LogP contribution in [0.15, 0.2) is 60.9 Å². The number of pyridine rings is 1. The fourth-order valence-electron chi connectivity index (χ4n) is 1.64. The van der Waals surface area contributed by atoms with Crippen LogP contribution >= 0.6 is 0 Å². The van der Waals surface area contributed by atoms with Crippen molar-refractivity contribution >= 4 is 0 Å². The maximum Gasteiger partial charge on any atom is 0.387 e. The molecule has 0 N–H and O–H groups in total. The van der Waals surface area contributed by atoms with E-state index in [0.717, 1.165) is 0 Å². The van der Waals surface area contributed by atoms with E-state index in [2.05, 4.69) is 9.97 Å². The lowest BCUT2D eigenvalue weighted by Crippen LogP contribution is -2.27. The van der Waals surface area contributed by atoms with E-state index in [9.17, 15) is 9.60 Å². The molecule has 0 spiro atoms. The molecule has 6 nitrogen and oxygen atoms in total. The highest BCUT2D eigenvalue weighted by molar-refractivity contribution is 5.27. The Kier molecular flexibility index (Phi) is 3.78. The number of benzene rings is 1. The molecule has 1 aromatic carbocycles. The van der Waals surface area contributed by atoms with Crippen molar-refractivity contribution < 1.29 is 18.6 Å². The Bertz CT molecular complexity index is 781. The molecule has 0 saturated carbocycles. The zero-order valence-corrected chi connectivity index (χ0v) is 11.2. The third-order valence-electron chi connectivity index (χ3n) is 2.63. The van der Waals surface area contributed by atoms with Crippen LogP contribution in [0.2, 0.25) is 0 Å². The minimum atomic E-state index is -0.358. The Balaban J connectivity index is 1.78. The summed E-state index contributed by atoms with van der Waals surface area (Å²) < 4.78 is 24.1. The largest absolute Gasteiger partial charge is 0.616 e. The summed E-state index contributed by atoms with van der Waals surface area (Å²) in [5.74, 6) is 0.319. The summed E-state index contributed by atoms with van der Waals surface area (Å²) in [4.78, 5) is 7.93. The van der Waals surface area contributed by atoms with E-state index >= 15 is 0 Å². The van der Waals surface area contributed by atoms with Crippen LogP contribution in [0.5, 0.6) is 23.5 Å². The summed E-state index contributed by atoms with van der Waals surface area (Å²) in [5.41, 5.74) is 0. The van der Waals surface area contributed by atoms with Gasteiger partial charge >= 0.3 is 11.9 Å². The zero-order valence-electron chi connectivity index (χ0n) is 11.2.